The summed E-state index contributed by atoms with van der Waals surface area (Å²) in [4.78, 5) is 10.6. The first-order valence-corrected chi connectivity index (χ1v) is 9.06. The van der Waals surface area contributed by atoms with Gasteiger partial charge in [-0.25, -0.2) is 8.75 Å². The van der Waals surface area contributed by atoms with Crippen LogP contribution in [0, 0.1) is 0 Å². The number of aldehydes is 1. The maximum absolute atomic E-state index is 12.4. The van der Waals surface area contributed by atoms with Gasteiger partial charge in [0.2, 0.25) is 0 Å². The molecule has 0 aliphatic rings. The van der Waals surface area contributed by atoms with Crippen LogP contribution in [-0.2, 0) is 28.2 Å². The average molecular weight is 376 g/mol. The molecule has 1 rings (SSSR count). The molecule has 0 amide bonds. The van der Waals surface area contributed by atoms with Gasteiger partial charge in [-0.15, -0.1) is 0 Å². The van der Waals surface area contributed by atoms with Crippen molar-refractivity contribution in [2.45, 2.75) is 18.5 Å². The Hall–Kier alpha value is -1.42. The Kier molecular flexibility index (Phi) is 6.34. The van der Waals surface area contributed by atoms with Crippen molar-refractivity contribution < 1.29 is 44.2 Å². The van der Waals surface area contributed by atoms with Crippen molar-refractivity contribution in [3.8, 4) is 5.75 Å². The fourth-order valence-electron chi connectivity index (χ4n) is 1.20. The third kappa shape index (κ3) is 5.94. The summed E-state index contributed by atoms with van der Waals surface area (Å²) < 4.78 is 84.1. The maximum atomic E-state index is 12.4. The van der Waals surface area contributed by atoms with Crippen molar-refractivity contribution in [3.05, 3.63) is 30.3 Å². The smallest absolute Gasteiger partial charge is 0.423 e. The zero-order chi connectivity index (χ0) is 17.7. The van der Waals surface area contributed by atoms with Gasteiger partial charge in [0.25, 0.3) is 0 Å². The van der Waals surface area contributed by atoms with Crippen LogP contribution in [-0.4, -0.2) is 32.7 Å². The van der Waals surface area contributed by atoms with E-state index in [0.29, 0.717) is 0 Å². The number of para-hydroxylation sites is 1. The van der Waals surface area contributed by atoms with Crippen LogP contribution >= 0.6 is 7.60 Å². The lowest BCUT2D eigenvalue weighted by atomic mass is 10.3. The van der Waals surface area contributed by atoms with Gasteiger partial charge in [0.1, 0.15) is 18.1 Å². The van der Waals surface area contributed by atoms with Crippen molar-refractivity contribution in [3.63, 3.8) is 0 Å². The van der Waals surface area contributed by atoms with Gasteiger partial charge in [-0.2, -0.15) is 21.6 Å². The first kappa shape index (κ1) is 19.6. The van der Waals surface area contributed by atoms with Gasteiger partial charge in [-0.05, 0) is 19.1 Å². The van der Waals surface area contributed by atoms with Gasteiger partial charge in [-0.3, -0.25) is 4.52 Å². The van der Waals surface area contributed by atoms with Crippen molar-refractivity contribution in [1.29, 1.82) is 0 Å². The van der Waals surface area contributed by atoms with Gasteiger partial charge >= 0.3 is 23.2 Å². The molecule has 0 saturated heterocycles. The van der Waals surface area contributed by atoms with Crippen molar-refractivity contribution >= 4 is 24.0 Å². The Morgan fingerprint density at radius 3 is 2.30 bits per heavy atom. The van der Waals surface area contributed by atoms with Gasteiger partial charge in [0.05, 0.1) is 0 Å². The van der Waals surface area contributed by atoms with Crippen LogP contribution in [0.5, 0.6) is 5.75 Å². The molecule has 0 N–H and O–H groups in total. The molecule has 2 unspecified atom stereocenters. The Labute approximate surface area is 130 Å². The predicted molar refractivity (Wildman–Crippen MR) is 72.2 cm³/mol. The number of carbonyl (C=O) groups is 1. The van der Waals surface area contributed by atoms with E-state index in [9.17, 15) is 30.9 Å². The van der Waals surface area contributed by atoms with Crippen LogP contribution in [0.15, 0.2) is 30.3 Å². The highest BCUT2D eigenvalue weighted by Crippen LogP contribution is 2.50. The lowest BCUT2D eigenvalue weighted by molar-refractivity contribution is -0.113. The molecular weight excluding hydrogens is 364 g/mol. The Bertz CT molecular complexity index is 675. The molecule has 0 fully saturated rings. The topological polar surface area (TPSA) is 96.0 Å². The molecule has 130 valence electrons. The first-order valence-electron chi connectivity index (χ1n) is 5.92. The summed E-state index contributed by atoms with van der Waals surface area (Å²) >= 11 is 0. The minimum Gasteiger partial charge on any atom is -0.423 e. The summed E-state index contributed by atoms with van der Waals surface area (Å²) in [6.07, 6.45) is -2.65. The average Bonchev–Trinajstić information content (AvgIpc) is 2.45. The minimum atomic E-state index is -5.99. The molecule has 2 atom stereocenters. The fraction of sp³-hybridized carbons (Fsp3) is 0.364. The third-order valence-electron chi connectivity index (χ3n) is 2.16. The number of alkyl halides is 3. The molecule has 7 nitrogen and oxygen atoms in total. The Morgan fingerprint density at radius 2 is 1.83 bits per heavy atom. The quantitative estimate of drug-likeness (QED) is 0.298. The number of rotatable bonds is 8. The first-order chi connectivity index (χ1) is 10.5. The van der Waals surface area contributed by atoms with Crippen molar-refractivity contribution in [2.24, 2.45) is 0 Å². The molecule has 23 heavy (non-hydrogen) atoms. The Balaban J connectivity index is 2.97. The van der Waals surface area contributed by atoms with Gasteiger partial charge in [0.15, 0.2) is 6.35 Å². The zero-order valence-electron chi connectivity index (χ0n) is 11.6. The zero-order valence-corrected chi connectivity index (χ0v) is 13.3. The second-order valence-corrected chi connectivity index (χ2v) is 7.59. The molecule has 0 heterocycles. The SMILES string of the molecule is CC(C=O)OP(=O)(COS(=O)(=O)C(F)(F)F)Oc1ccccc1. The van der Waals surface area contributed by atoms with E-state index < -0.39 is 35.7 Å². The number of benzene rings is 1. The van der Waals surface area contributed by atoms with Crippen LogP contribution in [0.1, 0.15) is 6.92 Å². The van der Waals surface area contributed by atoms with E-state index in [1.54, 1.807) is 6.07 Å². The predicted octanol–water partition coefficient (Wildman–Crippen LogP) is 2.69. The maximum Gasteiger partial charge on any atom is 0.523 e. The summed E-state index contributed by atoms with van der Waals surface area (Å²) in [5.74, 6) is -0.0676. The third-order valence-corrected chi connectivity index (χ3v) is 4.91. The van der Waals surface area contributed by atoms with E-state index in [0.717, 1.165) is 6.92 Å². The monoisotopic (exact) mass is 376 g/mol. The summed E-state index contributed by atoms with van der Waals surface area (Å²) in [5.41, 5.74) is -5.69. The van der Waals surface area contributed by atoms with Gasteiger partial charge < -0.3 is 9.32 Å². The summed E-state index contributed by atoms with van der Waals surface area (Å²) in [7, 11) is -10.5. The fourth-order valence-corrected chi connectivity index (χ4v) is 3.56. The van der Waals surface area contributed by atoms with E-state index in [1.165, 1.54) is 24.3 Å². The molecule has 0 aromatic heterocycles. The normalized spacial score (nSPS) is 16.3. The van der Waals surface area contributed by atoms with E-state index >= 15 is 0 Å². The van der Waals surface area contributed by atoms with Crippen molar-refractivity contribution in [2.75, 3.05) is 6.35 Å². The molecular formula is C11H12F3O7PS. The van der Waals surface area contributed by atoms with E-state index in [-0.39, 0.29) is 12.0 Å². The van der Waals surface area contributed by atoms with E-state index in [4.69, 9.17) is 9.05 Å². The van der Waals surface area contributed by atoms with E-state index in [1.807, 2.05) is 0 Å². The van der Waals surface area contributed by atoms with E-state index in [2.05, 4.69) is 4.18 Å². The lowest BCUT2D eigenvalue weighted by Gasteiger charge is -2.20. The van der Waals surface area contributed by atoms with Crippen LogP contribution in [0.2, 0.25) is 0 Å². The minimum absolute atomic E-state index is 0.0676. The summed E-state index contributed by atoms with van der Waals surface area (Å²) in [6.45, 7) is 1.15. The number of halogens is 3. The standard InChI is InChI=1S/C11H12F3O7PS/c1-9(7-15)20-22(16,21-10-5-3-2-4-6-10)8-19-23(17,18)11(12,13)14/h2-7,9H,8H2,1H3. The van der Waals surface area contributed by atoms with Gasteiger partial charge in [0, 0.05) is 0 Å². The van der Waals surface area contributed by atoms with Gasteiger partial charge in [-0.1, -0.05) is 18.2 Å². The Morgan fingerprint density at radius 1 is 1.26 bits per heavy atom. The number of hydrogen-bond acceptors (Lipinski definition) is 7. The number of carbonyl (C=O) groups excluding carboxylic acids is 1. The number of hydrogen-bond donors (Lipinski definition) is 0. The molecule has 0 radical (unpaired) electrons. The molecule has 12 heteroatoms. The molecule has 0 saturated carbocycles. The highest BCUT2D eigenvalue weighted by Gasteiger charge is 2.49. The molecule has 1 aromatic rings. The van der Waals surface area contributed by atoms with Crippen molar-refractivity contribution in [1.82, 2.24) is 0 Å². The molecule has 0 spiro atoms. The molecule has 0 bridgehead atoms. The molecule has 0 aliphatic carbocycles. The second-order valence-electron chi connectivity index (χ2n) is 4.11. The molecule has 1 aromatic carbocycles. The molecule has 0 aliphatic heterocycles. The summed E-state index contributed by atoms with van der Waals surface area (Å²) in [5, 5.41) is 0. The lowest BCUT2D eigenvalue weighted by Crippen LogP contribution is -2.27. The highest BCUT2D eigenvalue weighted by molar-refractivity contribution is 7.87. The summed E-state index contributed by atoms with van der Waals surface area (Å²) in [6, 6.07) is 7.13. The second kappa shape index (κ2) is 7.43. The van der Waals surface area contributed by atoms with Crippen LogP contribution in [0.3, 0.4) is 0 Å². The van der Waals surface area contributed by atoms with Crippen LogP contribution < -0.4 is 4.52 Å². The van der Waals surface area contributed by atoms with Crippen LogP contribution in [0.4, 0.5) is 13.2 Å². The van der Waals surface area contributed by atoms with Crippen LogP contribution in [0.25, 0.3) is 0 Å². The highest BCUT2D eigenvalue weighted by atomic mass is 32.2. The largest absolute Gasteiger partial charge is 0.523 e.